The Bertz CT molecular complexity index is 599. The highest BCUT2D eigenvalue weighted by Crippen LogP contribution is 2.35. The summed E-state index contributed by atoms with van der Waals surface area (Å²) in [5.41, 5.74) is 2.58. The highest BCUT2D eigenvalue weighted by atomic mass is 16.4. The average Bonchev–Trinajstić information content (AvgIpc) is 2.60. The van der Waals surface area contributed by atoms with Crippen LogP contribution in [-0.4, -0.2) is 16.2 Å². The first kappa shape index (κ1) is 24.5. The Morgan fingerprint density at radius 2 is 1.50 bits per heavy atom. The number of hydrogen-bond donors (Lipinski definition) is 2. The number of unbranched alkanes of at least 4 members (excludes halogenated alkanes) is 8. The summed E-state index contributed by atoms with van der Waals surface area (Å²) in [6.45, 7) is 10.3. The molecule has 2 N–H and O–H groups in total. The summed E-state index contributed by atoms with van der Waals surface area (Å²) in [4.78, 5) is 11.8. The second-order valence-corrected chi connectivity index (χ2v) is 9.42. The van der Waals surface area contributed by atoms with Crippen LogP contribution in [0, 0.1) is 12.8 Å². The lowest BCUT2D eigenvalue weighted by atomic mass is 9.82. The second kappa shape index (κ2) is 12.1. The lowest BCUT2D eigenvalue weighted by Crippen LogP contribution is -2.18. The Labute approximate surface area is 172 Å². The number of carbonyl (C=O) groups is 1. The van der Waals surface area contributed by atoms with Crippen LogP contribution >= 0.6 is 0 Å². The van der Waals surface area contributed by atoms with Crippen molar-refractivity contribution in [1.82, 2.24) is 0 Å². The van der Waals surface area contributed by atoms with Gasteiger partial charge >= 0.3 is 5.97 Å². The first-order valence-electron chi connectivity index (χ1n) is 11.2. The number of carboxylic acid groups (broad SMARTS) is 1. The quantitative estimate of drug-likeness (QED) is 0.351. The van der Waals surface area contributed by atoms with Crippen LogP contribution < -0.4 is 0 Å². The Morgan fingerprint density at radius 3 is 2.00 bits per heavy atom. The molecule has 160 valence electrons. The SMILES string of the molecule is CCCCCCCCCCCC(Cc1cc(C)c(O)c(C(C)(C)C)c1)C(=O)O. The number of aryl methyl sites for hydroxylation is 1. The minimum absolute atomic E-state index is 0.166. The molecule has 0 fully saturated rings. The highest BCUT2D eigenvalue weighted by molar-refractivity contribution is 5.70. The van der Waals surface area contributed by atoms with E-state index in [2.05, 4.69) is 27.7 Å². The van der Waals surface area contributed by atoms with Gasteiger partial charge in [0.05, 0.1) is 5.92 Å². The van der Waals surface area contributed by atoms with Crippen molar-refractivity contribution in [2.45, 2.75) is 111 Å². The van der Waals surface area contributed by atoms with Crippen molar-refractivity contribution in [2.24, 2.45) is 5.92 Å². The minimum Gasteiger partial charge on any atom is -0.507 e. The standard InChI is InChI=1S/C25H42O3/c1-6-7-8-9-10-11-12-13-14-15-21(24(27)28)17-20-16-19(2)23(26)22(18-20)25(3,4)5/h16,18,21,26H,6-15,17H2,1-5H3,(H,27,28). The molecule has 0 saturated heterocycles. The third-order valence-corrected chi connectivity index (χ3v) is 5.66. The molecular formula is C25H42O3. The molecule has 0 bridgehead atoms. The van der Waals surface area contributed by atoms with E-state index in [1.54, 1.807) is 0 Å². The molecule has 0 heterocycles. The third kappa shape index (κ3) is 8.67. The molecule has 1 atom stereocenters. The third-order valence-electron chi connectivity index (χ3n) is 5.66. The number of phenols is 1. The normalized spacial score (nSPS) is 12.9. The fourth-order valence-electron chi connectivity index (χ4n) is 3.84. The number of aliphatic carboxylic acids is 1. The van der Waals surface area contributed by atoms with Crippen molar-refractivity contribution >= 4 is 5.97 Å². The molecular weight excluding hydrogens is 348 g/mol. The number of phenolic OH excluding ortho intramolecular Hbond substituents is 1. The summed E-state index contributed by atoms with van der Waals surface area (Å²) in [7, 11) is 0. The zero-order valence-electron chi connectivity index (χ0n) is 18.8. The zero-order chi connectivity index (χ0) is 21.2. The summed E-state index contributed by atoms with van der Waals surface area (Å²) in [5.74, 6) is -0.717. The zero-order valence-corrected chi connectivity index (χ0v) is 18.8. The van der Waals surface area contributed by atoms with Gasteiger partial charge in [0.15, 0.2) is 0 Å². The predicted octanol–water partition coefficient (Wildman–Crippen LogP) is 7.16. The van der Waals surface area contributed by atoms with Gasteiger partial charge in [-0.15, -0.1) is 0 Å². The first-order valence-corrected chi connectivity index (χ1v) is 11.2. The molecule has 0 aliphatic carbocycles. The molecule has 0 amide bonds. The molecule has 0 aliphatic rings. The van der Waals surface area contributed by atoms with Gasteiger partial charge < -0.3 is 10.2 Å². The lowest BCUT2D eigenvalue weighted by Gasteiger charge is -2.23. The van der Waals surface area contributed by atoms with E-state index in [1.807, 2.05) is 19.1 Å². The van der Waals surface area contributed by atoms with Crippen LogP contribution in [0.15, 0.2) is 12.1 Å². The molecule has 1 rings (SSSR count). The molecule has 1 aromatic rings. The summed E-state index contributed by atoms with van der Waals surface area (Å²) in [6.07, 6.45) is 12.5. The van der Waals surface area contributed by atoms with E-state index in [-0.39, 0.29) is 11.3 Å². The van der Waals surface area contributed by atoms with Gasteiger partial charge in [-0.2, -0.15) is 0 Å². The number of rotatable bonds is 13. The van der Waals surface area contributed by atoms with Crippen LogP contribution in [0.25, 0.3) is 0 Å². The fraction of sp³-hybridized carbons (Fsp3) is 0.720. The van der Waals surface area contributed by atoms with Gasteiger partial charge in [0.2, 0.25) is 0 Å². The molecule has 1 aromatic carbocycles. The number of carboxylic acids is 1. The van der Waals surface area contributed by atoms with Crippen LogP contribution in [0.4, 0.5) is 0 Å². The van der Waals surface area contributed by atoms with Gasteiger partial charge in [-0.3, -0.25) is 4.79 Å². The first-order chi connectivity index (χ1) is 13.2. The van der Waals surface area contributed by atoms with Crippen LogP contribution in [-0.2, 0) is 16.6 Å². The van der Waals surface area contributed by atoms with Crippen molar-refractivity contribution in [3.8, 4) is 5.75 Å². The molecule has 3 heteroatoms. The van der Waals surface area contributed by atoms with Crippen molar-refractivity contribution in [3.63, 3.8) is 0 Å². The van der Waals surface area contributed by atoms with Crippen LogP contribution in [0.1, 0.15) is 109 Å². The Morgan fingerprint density at radius 1 is 0.964 bits per heavy atom. The summed E-state index contributed by atoms with van der Waals surface area (Å²) in [5, 5.41) is 20.0. The van der Waals surface area contributed by atoms with Gasteiger partial charge in [-0.05, 0) is 41.9 Å². The Balaban J connectivity index is 2.53. The van der Waals surface area contributed by atoms with E-state index >= 15 is 0 Å². The van der Waals surface area contributed by atoms with E-state index < -0.39 is 5.97 Å². The number of hydrogen-bond acceptors (Lipinski definition) is 2. The smallest absolute Gasteiger partial charge is 0.306 e. The van der Waals surface area contributed by atoms with Gasteiger partial charge in [-0.25, -0.2) is 0 Å². The maximum absolute atomic E-state index is 11.8. The van der Waals surface area contributed by atoms with Gasteiger partial charge in [-0.1, -0.05) is 97.6 Å². The second-order valence-electron chi connectivity index (χ2n) is 9.42. The maximum atomic E-state index is 11.8. The van der Waals surface area contributed by atoms with E-state index in [0.717, 1.165) is 36.0 Å². The molecule has 3 nitrogen and oxygen atoms in total. The molecule has 0 spiro atoms. The molecule has 0 radical (unpaired) electrons. The summed E-state index contributed by atoms with van der Waals surface area (Å²) in [6, 6.07) is 3.94. The van der Waals surface area contributed by atoms with E-state index in [0.29, 0.717) is 12.2 Å². The topological polar surface area (TPSA) is 57.5 Å². The van der Waals surface area contributed by atoms with Crippen molar-refractivity contribution in [2.75, 3.05) is 0 Å². The number of benzene rings is 1. The monoisotopic (exact) mass is 390 g/mol. The van der Waals surface area contributed by atoms with Gasteiger partial charge in [0.1, 0.15) is 5.75 Å². The molecule has 0 aliphatic heterocycles. The van der Waals surface area contributed by atoms with E-state index in [4.69, 9.17) is 0 Å². The van der Waals surface area contributed by atoms with Crippen LogP contribution in [0.5, 0.6) is 5.75 Å². The average molecular weight is 391 g/mol. The Kier molecular flexibility index (Phi) is 10.6. The summed E-state index contributed by atoms with van der Waals surface area (Å²) < 4.78 is 0. The molecule has 0 aromatic heterocycles. The molecule has 28 heavy (non-hydrogen) atoms. The lowest BCUT2D eigenvalue weighted by molar-refractivity contribution is -0.142. The van der Waals surface area contributed by atoms with Crippen molar-refractivity contribution in [3.05, 3.63) is 28.8 Å². The van der Waals surface area contributed by atoms with Gasteiger partial charge in [0, 0.05) is 0 Å². The predicted molar refractivity (Wildman–Crippen MR) is 118 cm³/mol. The molecule has 1 unspecified atom stereocenters. The van der Waals surface area contributed by atoms with Crippen LogP contribution in [0.3, 0.4) is 0 Å². The largest absolute Gasteiger partial charge is 0.507 e. The summed E-state index contributed by atoms with van der Waals surface area (Å²) >= 11 is 0. The van der Waals surface area contributed by atoms with E-state index in [9.17, 15) is 15.0 Å². The minimum atomic E-state index is -0.706. The maximum Gasteiger partial charge on any atom is 0.306 e. The highest BCUT2D eigenvalue weighted by Gasteiger charge is 2.23. The van der Waals surface area contributed by atoms with Crippen LogP contribution in [0.2, 0.25) is 0 Å². The number of aromatic hydroxyl groups is 1. The van der Waals surface area contributed by atoms with Gasteiger partial charge in [0.25, 0.3) is 0 Å². The van der Waals surface area contributed by atoms with E-state index in [1.165, 1.54) is 44.9 Å². The van der Waals surface area contributed by atoms with Crippen molar-refractivity contribution in [1.29, 1.82) is 0 Å². The Hall–Kier alpha value is -1.51. The van der Waals surface area contributed by atoms with Crippen molar-refractivity contribution < 1.29 is 15.0 Å². The molecule has 0 saturated carbocycles. The fourth-order valence-corrected chi connectivity index (χ4v) is 3.84.